The maximum atomic E-state index is 10.6. The summed E-state index contributed by atoms with van der Waals surface area (Å²) in [5.74, 6) is 3.83. The Morgan fingerprint density at radius 3 is 2.59 bits per heavy atom. The normalized spacial score (nSPS) is 37.9. The molecular weight excluding hydrogens is 230 g/mol. The predicted octanol–water partition coefficient (Wildman–Crippen LogP) is 2.61. The number of aliphatic hydroxyl groups excluding tert-OH is 1. The second kappa shape index (κ2) is 6.44. The Kier molecular flexibility index (Phi) is 5.19. The van der Waals surface area contributed by atoms with E-state index in [2.05, 4.69) is 18.9 Å². The minimum Gasteiger partial charge on any atom is -0.391 e. The number of rotatable bonds is 3. The predicted molar refractivity (Wildman–Crippen MR) is 75.5 cm³/mol. The third kappa shape index (κ3) is 3.39. The third-order valence-electron chi connectivity index (χ3n) is 4.79. The number of hydrogen-bond donors (Lipinski definition) is 1. The number of hydrogen-bond acceptors (Lipinski definition) is 3. The van der Waals surface area contributed by atoms with Gasteiger partial charge in [0.1, 0.15) is 0 Å². The van der Waals surface area contributed by atoms with Crippen molar-refractivity contribution < 1.29 is 5.11 Å². The van der Waals surface area contributed by atoms with Crippen LogP contribution in [0.25, 0.3) is 0 Å². The van der Waals surface area contributed by atoms with E-state index < -0.39 is 0 Å². The quantitative estimate of drug-likeness (QED) is 0.841. The van der Waals surface area contributed by atoms with E-state index in [1.54, 1.807) is 0 Å². The van der Waals surface area contributed by atoms with Crippen molar-refractivity contribution in [1.82, 2.24) is 4.90 Å². The number of likely N-dealkylation sites (N-methyl/N-ethyl adjacent to an activating group) is 1. The van der Waals surface area contributed by atoms with Gasteiger partial charge in [0, 0.05) is 24.1 Å². The summed E-state index contributed by atoms with van der Waals surface area (Å²) in [6.45, 7) is 3.43. The highest BCUT2D eigenvalue weighted by Gasteiger charge is 2.34. The van der Waals surface area contributed by atoms with Crippen LogP contribution in [0.1, 0.15) is 39.0 Å². The van der Waals surface area contributed by atoms with Crippen LogP contribution < -0.4 is 0 Å². The molecule has 2 rings (SSSR count). The lowest BCUT2D eigenvalue weighted by molar-refractivity contribution is 0.0108. The Labute approximate surface area is 110 Å². The molecule has 100 valence electrons. The van der Waals surface area contributed by atoms with Gasteiger partial charge < -0.3 is 5.11 Å². The molecule has 0 aromatic heterocycles. The van der Waals surface area contributed by atoms with Gasteiger partial charge in [0.2, 0.25) is 0 Å². The lowest BCUT2D eigenvalue weighted by atomic mass is 9.77. The first-order chi connectivity index (χ1) is 8.22. The molecule has 1 heterocycles. The Bertz CT molecular complexity index is 228. The first-order valence-electron chi connectivity index (χ1n) is 7.18. The standard InChI is InChI=1S/C14H27NOS/c1-3-11-4-6-12(7-5-11)14(16)13-10-17-9-8-15(13)2/h11-14,16H,3-10H2,1-2H3. The monoisotopic (exact) mass is 257 g/mol. The van der Waals surface area contributed by atoms with E-state index in [1.165, 1.54) is 37.9 Å². The highest BCUT2D eigenvalue weighted by molar-refractivity contribution is 7.99. The van der Waals surface area contributed by atoms with E-state index in [1.807, 2.05) is 11.8 Å². The van der Waals surface area contributed by atoms with Crippen LogP contribution in [0.4, 0.5) is 0 Å². The molecule has 2 atom stereocenters. The topological polar surface area (TPSA) is 23.5 Å². The molecule has 0 aromatic rings. The zero-order chi connectivity index (χ0) is 12.3. The fourth-order valence-electron chi connectivity index (χ4n) is 3.32. The van der Waals surface area contributed by atoms with Crippen LogP contribution in [0.2, 0.25) is 0 Å². The van der Waals surface area contributed by atoms with Gasteiger partial charge in [-0.1, -0.05) is 26.2 Å². The first kappa shape index (κ1) is 13.7. The molecule has 0 bridgehead atoms. The number of thioether (sulfide) groups is 1. The fourth-order valence-corrected chi connectivity index (χ4v) is 4.59. The SMILES string of the molecule is CCC1CCC(C(O)C2CSCCN2C)CC1. The molecule has 17 heavy (non-hydrogen) atoms. The van der Waals surface area contributed by atoms with Crippen molar-refractivity contribution in [3.63, 3.8) is 0 Å². The second-order valence-electron chi connectivity index (χ2n) is 5.80. The van der Waals surface area contributed by atoms with Crippen molar-refractivity contribution in [3.8, 4) is 0 Å². The summed E-state index contributed by atoms with van der Waals surface area (Å²) in [6.07, 6.45) is 6.39. The summed E-state index contributed by atoms with van der Waals surface area (Å²) in [4.78, 5) is 2.37. The van der Waals surface area contributed by atoms with Crippen LogP contribution in [-0.2, 0) is 0 Å². The summed E-state index contributed by atoms with van der Waals surface area (Å²) >= 11 is 2.00. The third-order valence-corrected chi connectivity index (χ3v) is 5.84. The molecule has 0 radical (unpaired) electrons. The van der Waals surface area contributed by atoms with Crippen LogP contribution >= 0.6 is 11.8 Å². The lowest BCUT2D eigenvalue weighted by Crippen LogP contribution is -2.50. The average Bonchev–Trinajstić information content (AvgIpc) is 2.39. The van der Waals surface area contributed by atoms with Gasteiger partial charge in [0.05, 0.1) is 6.10 Å². The summed E-state index contributed by atoms with van der Waals surface area (Å²) in [6, 6.07) is 0.400. The molecule has 1 N–H and O–H groups in total. The molecule has 2 unspecified atom stereocenters. The fraction of sp³-hybridized carbons (Fsp3) is 1.00. The van der Waals surface area contributed by atoms with Crippen LogP contribution in [-0.4, -0.2) is 47.3 Å². The molecule has 0 amide bonds. The first-order valence-corrected chi connectivity index (χ1v) is 8.34. The van der Waals surface area contributed by atoms with Gasteiger partial charge in [-0.2, -0.15) is 11.8 Å². The highest BCUT2D eigenvalue weighted by Crippen LogP contribution is 2.35. The van der Waals surface area contributed by atoms with Crippen molar-refractivity contribution >= 4 is 11.8 Å². The van der Waals surface area contributed by atoms with Crippen molar-refractivity contribution in [2.45, 2.75) is 51.2 Å². The molecule has 2 fully saturated rings. The van der Waals surface area contributed by atoms with Gasteiger partial charge in [-0.25, -0.2) is 0 Å². The minimum atomic E-state index is -0.0920. The van der Waals surface area contributed by atoms with Gasteiger partial charge in [-0.3, -0.25) is 4.90 Å². The maximum absolute atomic E-state index is 10.6. The van der Waals surface area contributed by atoms with Gasteiger partial charge >= 0.3 is 0 Å². The van der Waals surface area contributed by atoms with E-state index in [4.69, 9.17) is 0 Å². The van der Waals surface area contributed by atoms with Crippen molar-refractivity contribution in [1.29, 1.82) is 0 Å². The lowest BCUT2D eigenvalue weighted by Gasteiger charge is -2.40. The summed E-state index contributed by atoms with van der Waals surface area (Å²) in [5.41, 5.74) is 0. The molecular formula is C14H27NOS. The number of aliphatic hydroxyl groups is 1. The molecule has 1 saturated heterocycles. The van der Waals surface area contributed by atoms with Crippen molar-refractivity contribution in [2.24, 2.45) is 11.8 Å². The molecule has 1 aliphatic heterocycles. The van der Waals surface area contributed by atoms with Gasteiger partial charge in [-0.05, 0) is 31.7 Å². The molecule has 0 spiro atoms. The highest BCUT2D eigenvalue weighted by atomic mass is 32.2. The van der Waals surface area contributed by atoms with Crippen LogP contribution in [0.3, 0.4) is 0 Å². The smallest absolute Gasteiger partial charge is 0.0731 e. The molecule has 1 saturated carbocycles. The van der Waals surface area contributed by atoms with Crippen LogP contribution in [0.5, 0.6) is 0 Å². The van der Waals surface area contributed by atoms with Crippen molar-refractivity contribution in [2.75, 3.05) is 25.1 Å². The zero-order valence-electron chi connectivity index (χ0n) is 11.3. The average molecular weight is 257 g/mol. The van der Waals surface area contributed by atoms with E-state index >= 15 is 0 Å². The maximum Gasteiger partial charge on any atom is 0.0731 e. The zero-order valence-corrected chi connectivity index (χ0v) is 12.1. The minimum absolute atomic E-state index is 0.0920. The summed E-state index contributed by atoms with van der Waals surface area (Å²) < 4.78 is 0. The summed E-state index contributed by atoms with van der Waals surface area (Å²) in [7, 11) is 2.17. The summed E-state index contributed by atoms with van der Waals surface area (Å²) in [5, 5.41) is 10.6. The van der Waals surface area contributed by atoms with Crippen LogP contribution in [0, 0.1) is 11.8 Å². The largest absolute Gasteiger partial charge is 0.391 e. The Morgan fingerprint density at radius 2 is 2.00 bits per heavy atom. The second-order valence-corrected chi connectivity index (χ2v) is 6.95. The van der Waals surface area contributed by atoms with E-state index in [0.717, 1.165) is 18.2 Å². The van der Waals surface area contributed by atoms with E-state index in [0.29, 0.717) is 12.0 Å². The van der Waals surface area contributed by atoms with Gasteiger partial charge in [0.25, 0.3) is 0 Å². The number of nitrogens with zero attached hydrogens (tertiary/aromatic N) is 1. The Hall–Kier alpha value is 0.270. The van der Waals surface area contributed by atoms with E-state index in [-0.39, 0.29) is 6.10 Å². The molecule has 2 nitrogen and oxygen atoms in total. The van der Waals surface area contributed by atoms with E-state index in [9.17, 15) is 5.11 Å². The molecule has 1 aliphatic carbocycles. The molecule has 2 aliphatic rings. The Morgan fingerprint density at radius 1 is 1.29 bits per heavy atom. The van der Waals surface area contributed by atoms with Crippen molar-refractivity contribution in [3.05, 3.63) is 0 Å². The van der Waals surface area contributed by atoms with Gasteiger partial charge in [0.15, 0.2) is 0 Å². The Balaban J connectivity index is 1.85. The van der Waals surface area contributed by atoms with Crippen LogP contribution in [0.15, 0.2) is 0 Å². The molecule has 0 aromatic carbocycles. The van der Waals surface area contributed by atoms with Gasteiger partial charge in [-0.15, -0.1) is 0 Å². The molecule has 3 heteroatoms.